The van der Waals surface area contributed by atoms with Crippen LogP contribution in [0.3, 0.4) is 0 Å². The minimum atomic E-state index is 0.139. The lowest BCUT2D eigenvalue weighted by Crippen LogP contribution is -2.33. The number of furan rings is 1. The van der Waals surface area contributed by atoms with Crippen LogP contribution in [0, 0.1) is 0 Å². The summed E-state index contributed by atoms with van der Waals surface area (Å²) in [5.74, 6) is 6.03. The van der Waals surface area contributed by atoms with E-state index in [4.69, 9.17) is 10.3 Å². The van der Waals surface area contributed by atoms with E-state index in [1.807, 2.05) is 12.1 Å². The van der Waals surface area contributed by atoms with Crippen LogP contribution in [0.1, 0.15) is 36.0 Å². The van der Waals surface area contributed by atoms with E-state index in [0.717, 1.165) is 62.0 Å². The Hall–Kier alpha value is -5.16. The van der Waals surface area contributed by atoms with E-state index in [1.54, 1.807) is 0 Å². The highest BCUT2D eigenvalue weighted by Gasteiger charge is 2.23. The summed E-state index contributed by atoms with van der Waals surface area (Å²) in [5, 5.41) is 2.27. The predicted molar refractivity (Wildman–Crippen MR) is 185 cm³/mol. The SMILES string of the molecule is C=C1/C=C\C=C/N(c2ccccc2)c2ccc(-c3ccc4oc5cccc(C(CC(C)NN)c6ccccc6)c5c4c3)cc21. The van der Waals surface area contributed by atoms with Crippen LogP contribution in [-0.2, 0) is 0 Å². The van der Waals surface area contributed by atoms with Crippen molar-refractivity contribution in [2.75, 3.05) is 4.90 Å². The summed E-state index contributed by atoms with van der Waals surface area (Å²) < 4.78 is 6.42. The molecule has 2 heterocycles. The van der Waals surface area contributed by atoms with Gasteiger partial charge in [-0.05, 0) is 89.7 Å². The summed E-state index contributed by atoms with van der Waals surface area (Å²) in [4.78, 5) is 2.22. The Labute approximate surface area is 258 Å². The number of hydrazine groups is 1. The molecule has 0 radical (unpaired) electrons. The first-order valence-corrected chi connectivity index (χ1v) is 15.1. The molecule has 1 aliphatic heterocycles. The van der Waals surface area contributed by atoms with Crippen molar-refractivity contribution in [3.05, 3.63) is 163 Å². The molecule has 0 aliphatic carbocycles. The van der Waals surface area contributed by atoms with Gasteiger partial charge in [-0.1, -0.05) is 91.5 Å². The number of hydrogen-bond donors (Lipinski definition) is 2. The predicted octanol–water partition coefficient (Wildman–Crippen LogP) is 9.86. The molecule has 7 rings (SSSR count). The van der Waals surface area contributed by atoms with Crippen LogP contribution in [0.4, 0.5) is 11.4 Å². The van der Waals surface area contributed by atoms with Gasteiger partial charge in [-0.2, -0.15) is 0 Å². The number of allylic oxidation sites excluding steroid dienone is 4. The Bertz CT molecular complexity index is 2020. The first-order chi connectivity index (χ1) is 21.6. The molecule has 0 saturated carbocycles. The molecule has 0 spiro atoms. The maximum absolute atomic E-state index is 6.42. The van der Waals surface area contributed by atoms with Gasteiger partial charge in [0.15, 0.2) is 0 Å². The standard InChI is InChI=1S/C40H35N3O/c1-27-12-9-10-23-43(32-15-7-4-8-16-32)37-21-19-30(25-34(27)37)31-20-22-38-36(26-31)40-33(17-11-18-39(40)44-38)35(24-28(2)42-41)29-13-5-3-6-14-29/h3-23,25-26,28,35,42H,1,24,41H2,2H3/b12-9-,23-10-. The highest BCUT2D eigenvalue weighted by atomic mass is 16.3. The molecule has 0 fully saturated rings. The van der Waals surface area contributed by atoms with Crippen molar-refractivity contribution in [1.82, 2.24) is 5.43 Å². The van der Waals surface area contributed by atoms with Crippen LogP contribution in [0.2, 0.25) is 0 Å². The summed E-state index contributed by atoms with van der Waals surface area (Å²) in [6, 6.07) is 40.8. The minimum Gasteiger partial charge on any atom is -0.456 e. The Morgan fingerprint density at radius 1 is 0.795 bits per heavy atom. The van der Waals surface area contributed by atoms with Crippen molar-refractivity contribution in [2.45, 2.75) is 25.3 Å². The number of nitrogens with one attached hydrogen (secondary N) is 1. The van der Waals surface area contributed by atoms with Gasteiger partial charge in [-0.3, -0.25) is 11.3 Å². The topological polar surface area (TPSA) is 54.4 Å². The van der Waals surface area contributed by atoms with E-state index in [9.17, 15) is 0 Å². The van der Waals surface area contributed by atoms with E-state index in [2.05, 4.69) is 151 Å². The summed E-state index contributed by atoms with van der Waals surface area (Å²) in [6.45, 7) is 6.54. The first-order valence-electron chi connectivity index (χ1n) is 15.1. The fourth-order valence-corrected chi connectivity index (χ4v) is 6.35. The Kier molecular flexibility index (Phi) is 7.45. The lowest BCUT2D eigenvalue weighted by Gasteiger charge is -2.25. The third-order valence-electron chi connectivity index (χ3n) is 8.59. The number of fused-ring (bicyclic) bond motifs is 4. The summed E-state index contributed by atoms with van der Waals surface area (Å²) in [5.41, 5.74) is 13.8. The van der Waals surface area contributed by atoms with E-state index < -0.39 is 0 Å². The Morgan fingerprint density at radius 2 is 1.55 bits per heavy atom. The van der Waals surface area contributed by atoms with E-state index in [-0.39, 0.29) is 12.0 Å². The molecule has 44 heavy (non-hydrogen) atoms. The number of hydrogen-bond acceptors (Lipinski definition) is 4. The van der Waals surface area contributed by atoms with Crippen LogP contribution >= 0.6 is 0 Å². The van der Waals surface area contributed by atoms with Crippen molar-refractivity contribution in [1.29, 1.82) is 0 Å². The maximum Gasteiger partial charge on any atom is 0.135 e. The monoisotopic (exact) mass is 573 g/mol. The molecule has 2 atom stereocenters. The zero-order valence-corrected chi connectivity index (χ0v) is 24.8. The fraction of sp³-hybridized carbons (Fsp3) is 0.100. The third kappa shape index (κ3) is 5.15. The van der Waals surface area contributed by atoms with Crippen molar-refractivity contribution in [2.24, 2.45) is 5.84 Å². The average molecular weight is 574 g/mol. The number of nitrogens with two attached hydrogens (primary N) is 1. The maximum atomic E-state index is 6.42. The van der Waals surface area contributed by atoms with Crippen molar-refractivity contribution < 1.29 is 4.42 Å². The molecule has 2 unspecified atom stereocenters. The number of benzene rings is 5. The first kappa shape index (κ1) is 27.7. The van der Waals surface area contributed by atoms with Gasteiger partial charge in [0.2, 0.25) is 0 Å². The van der Waals surface area contributed by atoms with Crippen LogP contribution < -0.4 is 16.2 Å². The summed E-state index contributed by atoms with van der Waals surface area (Å²) in [7, 11) is 0. The molecule has 4 heteroatoms. The van der Waals surface area contributed by atoms with Crippen LogP contribution in [0.25, 0.3) is 38.6 Å². The molecule has 0 bridgehead atoms. The number of rotatable bonds is 7. The molecule has 5 aromatic carbocycles. The molecule has 3 N–H and O–H groups in total. The zero-order chi connectivity index (χ0) is 30.0. The van der Waals surface area contributed by atoms with E-state index in [1.165, 1.54) is 11.1 Å². The smallest absolute Gasteiger partial charge is 0.135 e. The third-order valence-corrected chi connectivity index (χ3v) is 8.59. The van der Waals surface area contributed by atoms with Gasteiger partial charge < -0.3 is 9.32 Å². The van der Waals surface area contributed by atoms with E-state index >= 15 is 0 Å². The second-order valence-electron chi connectivity index (χ2n) is 11.5. The van der Waals surface area contributed by atoms with Gasteiger partial charge in [0.25, 0.3) is 0 Å². The van der Waals surface area contributed by atoms with Crippen molar-refractivity contribution in [3.63, 3.8) is 0 Å². The molecular formula is C40H35N3O. The molecule has 0 saturated heterocycles. The summed E-state index contributed by atoms with van der Waals surface area (Å²) in [6.07, 6.45) is 9.13. The number of anilines is 2. The molecular weight excluding hydrogens is 538 g/mol. The highest BCUT2D eigenvalue weighted by Crippen LogP contribution is 2.42. The number of nitrogens with zero attached hydrogens (tertiary/aromatic N) is 1. The fourth-order valence-electron chi connectivity index (χ4n) is 6.35. The van der Waals surface area contributed by atoms with Crippen LogP contribution in [0.5, 0.6) is 0 Å². The summed E-state index contributed by atoms with van der Waals surface area (Å²) >= 11 is 0. The molecule has 1 aromatic heterocycles. The molecule has 0 amide bonds. The van der Waals surface area contributed by atoms with Crippen molar-refractivity contribution in [3.8, 4) is 11.1 Å². The van der Waals surface area contributed by atoms with Crippen LogP contribution in [0.15, 0.2) is 151 Å². The zero-order valence-electron chi connectivity index (χ0n) is 24.8. The average Bonchev–Trinajstić information content (AvgIpc) is 3.45. The highest BCUT2D eigenvalue weighted by molar-refractivity contribution is 6.08. The van der Waals surface area contributed by atoms with Crippen LogP contribution in [-0.4, -0.2) is 6.04 Å². The lowest BCUT2D eigenvalue weighted by molar-refractivity contribution is 0.504. The molecule has 216 valence electrons. The van der Waals surface area contributed by atoms with Gasteiger partial charge in [-0.25, -0.2) is 0 Å². The second-order valence-corrected chi connectivity index (χ2v) is 11.5. The Balaban J connectivity index is 1.37. The van der Waals surface area contributed by atoms with Crippen molar-refractivity contribution >= 4 is 38.9 Å². The molecule has 6 aromatic rings. The quantitative estimate of drug-likeness (QED) is 0.147. The molecule has 1 aliphatic rings. The second kappa shape index (κ2) is 11.8. The van der Waals surface area contributed by atoms with Gasteiger partial charge in [0, 0.05) is 40.2 Å². The minimum absolute atomic E-state index is 0.139. The normalized spacial score (nSPS) is 15.9. The van der Waals surface area contributed by atoms with Gasteiger partial charge >= 0.3 is 0 Å². The van der Waals surface area contributed by atoms with Gasteiger partial charge in [0.05, 0.1) is 5.69 Å². The van der Waals surface area contributed by atoms with E-state index in [0.29, 0.717) is 0 Å². The lowest BCUT2D eigenvalue weighted by atomic mass is 9.84. The van der Waals surface area contributed by atoms with Gasteiger partial charge in [0.1, 0.15) is 11.2 Å². The molecule has 4 nitrogen and oxygen atoms in total. The Morgan fingerprint density at radius 3 is 2.34 bits per heavy atom. The number of para-hydroxylation sites is 1. The van der Waals surface area contributed by atoms with Gasteiger partial charge in [-0.15, -0.1) is 0 Å². The largest absolute Gasteiger partial charge is 0.456 e.